The van der Waals surface area contributed by atoms with Crippen LogP contribution in [-0.2, 0) is 0 Å². The summed E-state index contributed by atoms with van der Waals surface area (Å²) in [6, 6.07) is 63.1. The van der Waals surface area contributed by atoms with Crippen molar-refractivity contribution < 1.29 is 0 Å². The summed E-state index contributed by atoms with van der Waals surface area (Å²) < 4.78 is 4.65. The molecule has 0 aromatic heterocycles. The number of benzene rings is 8. The zero-order valence-corrected chi connectivity index (χ0v) is 29.9. The fourth-order valence-electron chi connectivity index (χ4n) is 9.14. The molecule has 0 amide bonds. The molecule has 4 heteroatoms. The van der Waals surface area contributed by atoms with Gasteiger partial charge >= 0.3 is 291 Å². The minimum absolute atomic E-state index is 1.19. The summed E-state index contributed by atoms with van der Waals surface area (Å²) in [6.07, 6.45) is 0. The summed E-state index contributed by atoms with van der Waals surface area (Å²) in [4.78, 5) is 10.5. The van der Waals surface area contributed by atoms with Crippen LogP contribution in [0.5, 0.6) is 0 Å². The van der Waals surface area contributed by atoms with Crippen molar-refractivity contribution in [3.63, 3.8) is 0 Å². The molecule has 0 fully saturated rings. The third-order valence-electron chi connectivity index (χ3n) is 11.0. The molecule has 0 saturated heterocycles. The molecule has 0 atom stereocenters. The number of fused-ring (bicyclic) bond motifs is 4. The van der Waals surface area contributed by atoms with Gasteiger partial charge in [-0.25, -0.2) is 0 Å². The summed E-state index contributed by atoms with van der Waals surface area (Å²) in [5, 5.41) is 5.14. The molecule has 3 nitrogen and oxygen atoms in total. The molecule has 49 heavy (non-hydrogen) atoms. The Hall–Kier alpha value is -5.52. The van der Waals surface area contributed by atoms with E-state index in [1.807, 2.05) is 0 Å². The Morgan fingerprint density at radius 2 is 0.735 bits per heavy atom. The van der Waals surface area contributed by atoms with Crippen molar-refractivity contribution in [2.24, 2.45) is 0 Å². The van der Waals surface area contributed by atoms with Gasteiger partial charge in [0, 0.05) is 0 Å². The van der Waals surface area contributed by atoms with Crippen LogP contribution in [0, 0.1) is 0 Å². The Balaban J connectivity index is 1.42. The molecule has 8 aromatic carbocycles. The fourth-order valence-corrected chi connectivity index (χ4v) is 23.4. The van der Waals surface area contributed by atoms with Gasteiger partial charge in [0.2, 0.25) is 0 Å². The van der Waals surface area contributed by atoms with E-state index < -0.39 is 18.4 Å². The Bertz CT molecular complexity index is 2480. The van der Waals surface area contributed by atoms with Gasteiger partial charge in [0.05, 0.1) is 0 Å². The van der Waals surface area contributed by atoms with Gasteiger partial charge in [-0.1, -0.05) is 0 Å². The van der Waals surface area contributed by atoms with Crippen molar-refractivity contribution in [1.82, 2.24) is 0 Å². The molecule has 230 valence electrons. The first-order valence-electron chi connectivity index (χ1n) is 17.0. The maximum atomic E-state index is 2.71. The van der Waals surface area contributed by atoms with E-state index in [0.717, 1.165) is 0 Å². The van der Waals surface area contributed by atoms with Gasteiger partial charge < -0.3 is 0 Å². The van der Waals surface area contributed by atoms with Crippen molar-refractivity contribution in [1.29, 1.82) is 0 Å². The predicted molar refractivity (Wildman–Crippen MR) is 210 cm³/mol. The second-order valence-electron chi connectivity index (χ2n) is 13.5. The molecule has 3 aliphatic rings. The normalized spacial score (nSPS) is 14.7. The van der Waals surface area contributed by atoms with Gasteiger partial charge in [-0.2, -0.15) is 0 Å². The molecule has 0 saturated carbocycles. The van der Waals surface area contributed by atoms with Crippen LogP contribution in [0.4, 0.5) is 51.2 Å². The predicted octanol–water partition coefficient (Wildman–Crippen LogP) is 10.4. The molecule has 8 aromatic rings. The summed E-state index contributed by atoms with van der Waals surface area (Å²) in [5.74, 6) is 0. The fraction of sp³-hybridized carbons (Fsp3) is 0.0222. The molecule has 3 heterocycles. The monoisotopic (exact) mass is 733 g/mol. The number of anilines is 9. The van der Waals surface area contributed by atoms with Crippen LogP contribution < -0.4 is 25.4 Å². The van der Waals surface area contributed by atoms with Crippen LogP contribution in [-0.4, -0.2) is 18.4 Å². The van der Waals surface area contributed by atoms with E-state index >= 15 is 0 Å². The summed E-state index contributed by atoms with van der Waals surface area (Å²) in [6.45, 7) is 0. The minimum atomic E-state index is -3.84. The van der Waals surface area contributed by atoms with E-state index in [0.29, 0.717) is 0 Å². The Morgan fingerprint density at radius 3 is 1.18 bits per heavy atom. The molecule has 0 unspecified atom stereocenters. The van der Waals surface area contributed by atoms with Gasteiger partial charge in [-0.3, -0.25) is 0 Å². The van der Waals surface area contributed by atoms with Gasteiger partial charge in [-0.15, -0.1) is 0 Å². The molecular weight excluding hydrogens is 701 g/mol. The number of rotatable bonds is 3. The molecular formula is C45H31N3Sn. The third-order valence-corrected chi connectivity index (χ3v) is 23.8. The Kier molecular flexibility index (Phi) is 5.60. The first kappa shape index (κ1) is 27.4. The Labute approximate surface area is 289 Å². The zero-order chi connectivity index (χ0) is 32.3. The van der Waals surface area contributed by atoms with Gasteiger partial charge in [0.1, 0.15) is 0 Å². The summed E-state index contributed by atoms with van der Waals surface area (Å²) in [7, 11) is 0. The Morgan fingerprint density at radius 1 is 0.347 bits per heavy atom. The van der Waals surface area contributed by atoms with E-state index in [2.05, 4.69) is 189 Å². The first-order chi connectivity index (χ1) is 24.2. The SMILES string of the molecule is [CH3][Sn]12[c]3c4cccc3N(c3ccccc3)c3cc5ccccc5c([c]31)N(c1ccccc1)c1[c]2c(cc2ccccc12)N4c1ccccc1. The van der Waals surface area contributed by atoms with Crippen LogP contribution in [0.3, 0.4) is 0 Å². The average Bonchev–Trinajstić information content (AvgIpc) is 3.16. The van der Waals surface area contributed by atoms with Crippen LogP contribution in [0.15, 0.2) is 170 Å². The molecule has 11 rings (SSSR count). The van der Waals surface area contributed by atoms with E-state index in [1.54, 1.807) is 10.7 Å². The molecule has 0 radical (unpaired) electrons. The number of para-hydroxylation sites is 3. The maximum absolute atomic E-state index is 3.84. The average molecular weight is 732 g/mol. The number of hydrogen-bond donors (Lipinski definition) is 0. The molecule has 3 aliphatic heterocycles. The van der Waals surface area contributed by atoms with E-state index in [-0.39, 0.29) is 0 Å². The molecule has 0 spiro atoms. The van der Waals surface area contributed by atoms with Crippen molar-refractivity contribution in [3.05, 3.63) is 170 Å². The first-order valence-corrected chi connectivity index (χ1v) is 24.2. The van der Waals surface area contributed by atoms with Crippen LogP contribution >= 0.6 is 0 Å². The van der Waals surface area contributed by atoms with E-state index in [9.17, 15) is 0 Å². The topological polar surface area (TPSA) is 9.72 Å². The summed E-state index contributed by atoms with van der Waals surface area (Å²) >= 11 is -3.84. The molecule has 0 bridgehead atoms. The van der Waals surface area contributed by atoms with Gasteiger partial charge in [0.15, 0.2) is 0 Å². The number of hydrogen-bond acceptors (Lipinski definition) is 3. The second kappa shape index (κ2) is 10.0. The van der Waals surface area contributed by atoms with E-state index in [4.69, 9.17) is 0 Å². The van der Waals surface area contributed by atoms with Crippen LogP contribution in [0.2, 0.25) is 4.94 Å². The van der Waals surface area contributed by atoms with Crippen molar-refractivity contribution in [2.75, 3.05) is 14.7 Å². The number of nitrogens with zero attached hydrogens (tertiary/aromatic N) is 3. The molecule has 0 aliphatic carbocycles. The van der Waals surface area contributed by atoms with Crippen LogP contribution in [0.1, 0.15) is 0 Å². The molecule has 0 N–H and O–H groups in total. The van der Waals surface area contributed by atoms with Crippen molar-refractivity contribution in [3.8, 4) is 0 Å². The van der Waals surface area contributed by atoms with Crippen molar-refractivity contribution in [2.45, 2.75) is 4.94 Å². The standard InChI is InChI=1S/C44H28N3.CH3.Sn/c1-4-17-34(18-5-1)45-37-23-14-24-38(29-37)46(35-19-6-2-7-20-35)40-28-33-16-11-13-26-42(33)44(31-40)47(36-21-8-3-9-22-36)43-30-39(45)27-32-15-10-12-25-41(32)43;;/h1-28H;1H3;. The van der Waals surface area contributed by atoms with Crippen molar-refractivity contribution >= 4 is 102 Å². The second-order valence-corrected chi connectivity index (χ2v) is 24.2. The van der Waals surface area contributed by atoms with E-state index in [1.165, 1.54) is 72.7 Å². The van der Waals surface area contributed by atoms with Crippen LogP contribution in [0.25, 0.3) is 21.5 Å². The third kappa shape index (κ3) is 3.53. The van der Waals surface area contributed by atoms with Gasteiger partial charge in [-0.05, 0) is 0 Å². The van der Waals surface area contributed by atoms with Gasteiger partial charge in [0.25, 0.3) is 0 Å². The zero-order valence-electron chi connectivity index (χ0n) is 27.0. The quantitative estimate of drug-likeness (QED) is 0.168. The summed E-state index contributed by atoms with van der Waals surface area (Å²) in [5.41, 5.74) is 11.5.